The Labute approximate surface area is 202 Å². The molecular formula is C22H47IN6O. The Bertz CT molecular complexity index is 470. The van der Waals surface area contributed by atoms with Crippen molar-refractivity contribution in [2.24, 2.45) is 4.99 Å². The fourth-order valence-corrected chi connectivity index (χ4v) is 3.83. The van der Waals surface area contributed by atoms with Gasteiger partial charge in [0.15, 0.2) is 5.96 Å². The molecule has 3 N–H and O–H groups in total. The standard InChI is InChI=1S/C22H46N6O.HI/c1-7-12-24-21(29)17-27-15-10-20(11-16-27)26-22(23-8-2)25-13-9-14-28(18(3)4)19(5)6;/h18-20H,7-17H2,1-6H3,(H,24,29)(H2,23,25,26);1H. The number of aliphatic imine (C=N–C) groups is 1. The fourth-order valence-electron chi connectivity index (χ4n) is 3.83. The minimum absolute atomic E-state index is 0. The Morgan fingerprint density at radius 3 is 2.27 bits per heavy atom. The first-order valence-electron chi connectivity index (χ1n) is 11.7. The average Bonchev–Trinajstić information content (AvgIpc) is 2.67. The minimum atomic E-state index is 0. The Morgan fingerprint density at radius 2 is 1.73 bits per heavy atom. The van der Waals surface area contributed by atoms with Gasteiger partial charge in [-0.2, -0.15) is 0 Å². The predicted octanol–water partition coefficient (Wildman–Crippen LogP) is 2.66. The number of guanidine groups is 1. The first-order chi connectivity index (χ1) is 13.9. The van der Waals surface area contributed by atoms with Crippen molar-refractivity contribution >= 4 is 35.8 Å². The molecule has 0 unspecified atom stereocenters. The molecule has 1 amide bonds. The van der Waals surface area contributed by atoms with Gasteiger partial charge in [0.25, 0.3) is 0 Å². The molecule has 30 heavy (non-hydrogen) atoms. The van der Waals surface area contributed by atoms with E-state index in [4.69, 9.17) is 4.99 Å². The molecule has 7 nitrogen and oxygen atoms in total. The molecule has 1 heterocycles. The van der Waals surface area contributed by atoms with Crippen molar-refractivity contribution in [3.8, 4) is 0 Å². The lowest BCUT2D eigenvalue weighted by atomic mass is 10.1. The van der Waals surface area contributed by atoms with Crippen LogP contribution in [0.25, 0.3) is 0 Å². The van der Waals surface area contributed by atoms with E-state index in [1.165, 1.54) is 0 Å². The molecule has 1 rings (SSSR count). The van der Waals surface area contributed by atoms with Crippen molar-refractivity contribution in [3.05, 3.63) is 0 Å². The minimum Gasteiger partial charge on any atom is -0.357 e. The highest BCUT2D eigenvalue weighted by atomic mass is 127. The SMILES string of the molecule is CCCNC(=O)CN1CCC(NC(=NCCCN(C(C)C)C(C)C)NCC)CC1.I. The topological polar surface area (TPSA) is 72.0 Å². The number of hydrogen-bond donors (Lipinski definition) is 3. The van der Waals surface area contributed by atoms with Crippen LogP contribution in [0, 0.1) is 0 Å². The molecule has 1 saturated heterocycles. The number of hydrogen-bond acceptors (Lipinski definition) is 4. The molecular weight excluding hydrogens is 491 g/mol. The summed E-state index contributed by atoms with van der Waals surface area (Å²) in [5, 5.41) is 9.94. The van der Waals surface area contributed by atoms with Crippen LogP contribution in [0.15, 0.2) is 4.99 Å². The maximum atomic E-state index is 11.9. The molecule has 0 atom stereocenters. The number of halogens is 1. The molecule has 0 aliphatic carbocycles. The normalized spacial score (nSPS) is 16.1. The summed E-state index contributed by atoms with van der Waals surface area (Å²) < 4.78 is 0. The van der Waals surface area contributed by atoms with Gasteiger partial charge in [0.1, 0.15) is 0 Å². The van der Waals surface area contributed by atoms with E-state index >= 15 is 0 Å². The zero-order chi connectivity index (χ0) is 21.6. The van der Waals surface area contributed by atoms with Crippen molar-refractivity contribution in [1.29, 1.82) is 0 Å². The van der Waals surface area contributed by atoms with Gasteiger partial charge >= 0.3 is 0 Å². The highest BCUT2D eigenvalue weighted by Gasteiger charge is 2.21. The second-order valence-electron chi connectivity index (χ2n) is 8.58. The first kappa shape index (κ1) is 29.4. The monoisotopic (exact) mass is 538 g/mol. The zero-order valence-electron chi connectivity index (χ0n) is 20.2. The molecule has 0 saturated carbocycles. The molecule has 0 bridgehead atoms. The summed E-state index contributed by atoms with van der Waals surface area (Å²) in [6.07, 6.45) is 4.13. The van der Waals surface area contributed by atoms with E-state index in [-0.39, 0.29) is 29.9 Å². The van der Waals surface area contributed by atoms with Crippen LogP contribution in [0.2, 0.25) is 0 Å². The number of piperidine rings is 1. The molecule has 1 fully saturated rings. The van der Waals surface area contributed by atoms with Gasteiger partial charge < -0.3 is 16.0 Å². The third kappa shape index (κ3) is 12.3. The van der Waals surface area contributed by atoms with Gasteiger partial charge in [-0.1, -0.05) is 6.92 Å². The van der Waals surface area contributed by atoms with Gasteiger partial charge in [0.2, 0.25) is 5.91 Å². The van der Waals surface area contributed by atoms with E-state index in [0.29, 0.717) is 24.7 Å². The van der Waals surface area contributed by atoms with E-state index in [1.54, 1.807) is 0 Å². The predicted molar refractivity (Wildman–Crippen MR) is 139 cm³/mol. The van der Waals surface area contributed by atoms with Gasteiger partial charge in [-0.3, -0.25) is 19.6 Å². The molecule has 1 aliphatic rings. The summed E-state index contributed by atoms with van der Waals surface area (Å²) >= 11 is 0. The molecule has 0 aromatic rings. The van der Waals surface area contributed by atoms with Crippen LogP contribution in [0.5, 0.6) is 0 Å². The largest absolute Gasteiger partial charge is 0.357 e. The smallest absolute Gasteiger partial charge is 0.234 e. The third-order valence-corrected chi connectivity index (χ3v) is 5.38. The van der Waals surface area contributed by atoms with Crippen LogP contribution in [-0.4, -0.2) is 85.6 Å². The Kier molecular flexibility index (Phi) is 16.7. The highest BCUT2D eigenvalue weighted by molar-refractivity contribution is 14.0. The lowest BCUT2D eigenvalue weighted by molar-refractivity contribution is -0.122. The van der Waals surface area contributed by atoms with Gasteiger partial charge in [0, 0.05) is 57.4 Å². The molecule has 178 valence electrons. The second kappa shape index (κ2) is 17.0. The number of amides is 1. The van der Waals surface area contributed by atoms with Gasteiger partial charge in [-0.15, -0.1) is 24.0 Å². The lowest BCUT2D eigenvalue weighted by Gasteiger charge is -2.32. The fraction of sp³-hybridized carbons (Fsp3) is 0.909. The number of carbonyl (C=O) groups is 1. The van der Waals surface area contributed by atoms with Crippen LogP contribution in [0.1, 0.15) is 67.2 Å². The molecule has 0 spiro atoms. The van der Waals surface area contributed by atoms with E-state index < -0.39 is 0 Å². The van der Waals surface area contributed by atoms with Crippen molar-refractivity contribution in [3.63, 3.8) is 0 Å². The Hall–Kier alpha value is -0.610. The maximum Gasteiger partial charge on any atom is 0.234 e. The Balaban J connectivity index is 0.00000841. The first-order valence-corrected chi connectivity index (χ1v) is 11.7. The Morgan fingerprint density at radius 1 is 1.10 bits per heavy atom. The van der Waals surface area contributed by atoms with Crippen molar-refractivity contribution in [1.82, 2.24) is 25.8 Å². The molecule has 0 radical (unpaired) electrons. The summed E-state index contributed by atoms with van der Waals surface area (Å²) in [5.41, 5.74) is 0. The van der Waals surface area contributed by atoms with Crippen LogP contribution in [-0.2, 0) is 4.79 Å². The number of rotatable bonds is 12. The summed E-state index contributed by atoms with van der Waals surface area (Å²) in [7, 11) is 0. The van der Waals surface area contributed by atoms with Crippen molar-refractivity contribution < 1.29 is 4.79 Å². The summed E-state index contributed by atoms with van der Waals surface area (Å²) in [4.78, 5) is 21.4. The van der Waals surface area contributed by atoms with Crippen LogP contribution >= 0.6 is 24.0 Å². The number of nitrogens with one attached hydrogen (secondary N) is 3. The van der Waals surface area contributed by atoms with Crippen molar-refractivity contribution in [2.75, 3.05) is 45.8 Å². The van der Waals surface area contributed by atoms with E-state index in [9.17, 15) is 4.79 Å². The maximum absolute atomic E-state index is 11.9. The molecule has 0 aromatic heterocycles. The van der Waals surface area contributed by atoms with Gasteiger partial charge in [0.05, 0.1) is 6.54 Å². The van der Waals surface area contributed by atoms with Crippen LogP contribution < -0.4 is 16.0 Å². The van der Waals surface area contributed by atoms with Crippen LogP contribution in [0.4, 0.5) is 0 Å². The number of carbonyl (C=O) groups excluding carboxylic acids is 1. The quantitative estimate of drug-likeness (QED) is 0.154. The number of nitrogens with zero attached hydrogens (tertiary/aromatic N) is 3. The van der Waals surface area contributed by atoms with Gasteiger partial charge in [-0.05, 0) is 60.3 Å². The highest BCUT2D eigenvalue weighted by Crippen LogP contribution is 2.10. The average molecular weight is 539 g/mol. The molecule has 0 aromatic carbocycles. The van der Waals surface area contributed by atoms with Crippen LogP contribution in [0.3, 0.4) is 0 Å². The van der Waals surface area contributed by atoms with E-state index in [1.807, 2.05) is 0 Å². The summed E-state index contributed by atoms with van der Waals surface area (Å²) in [6.45, 7) is 19.2. The summed E-state index contributed by atoms with van der Waals surface area (Å²) in [5.74, 6) is 1.07. The number of likely N-dealkylation sites (tertiary alicyclic amines) is 1. The van der Waals surface area contributed by atoms with Crippen molar-refractivity contribution in [2.45, 2.75) is 85.4 Å². The van der Waals surface area contributed by atoms with E-state index in [2.05, 4.69) is 67.3 Å². The van der Waals surface area contributed by atoms with Gasteiger partial charge in [-0.25, -0.2) is 0 Å². The second-order valence-corrected chi connectivity index (χ2v) is 8.58. The molecule has 1 aliphatic heterocycles. The third-order valence-electron chi connectivity index (χ3n) is 5.38. The van der Waals surface area contributed by atoms with E-state index in [0.717, 1.165) is 70.9 Å². The zero-order valence-corrected chi connectivity index (χ0v) is 22.5. The molecule has 8 heteroatoms. The lowest BCUT2D eigenvalue weighted by Crippen LogP contribution is -2.50. The summed E-state index contributed by atoms with van der Waals surface area (Å²) in [6, 6.07) is 1.56.